The Balaban J connectivity index is 2.37. The first kappa shape index (κ1) is 14.7. The summed E-state index contributed by atoms with van der Waals surface area (Å²) in [4.78, 5) is 0. The van der Waals surface area contributed by atoms with Crippen LogP contribution in [0.25, 0.3) is 0 Å². The van der Waals surface area contributed by atoms with E-state index in [2.05, 4.69) is 21.2 Å². The van der Waals surface area contributed by atoms with Crippen LogP contribution in [0.5, 0.6) is 0 Å². The molecule has 0 aliphatic heterocycles. The van der Waals surface area contributed by atoms with Crippen molar-refractivity contribution in [3.63, 3.8) is 0 Å². The fourth-order valence-electron chi connectivity index (χ4n) is 1.47. The molecule has 0 bridgehead atoms. The van der Waals surface area contributed by atoms with E-state index in [0.29, 0.717) is 19.8 Å². The van der Waals surface area contributed by atoms with Gasteiger partial charge in [0.2, 0.25) is 0 Å². The number of hydrogen-bond donors (Lipinski definition) is 1. The van der Waals surface area contributed by atoms with Crippen LogP contribution in [-0.2, 0) is 9.47 Å². The second kappa shape index (κ2) is 7.87. The van der Waals surface area contributed by atoms with Gasteiger partial charge < -0.3 is 19.2 Å². The minimum atomic E-state index is -0.203. The largest absolute Gasteiger partial charge is 0.453 e. The number of nitrogens with one attached hydrogen (secondary N) is 1. The van der Waals surface area contributed by atoms with E-state index in [1.807, 2.05) is 32.9 Å². The van der Waals surface area contributed by atoms with E-state index in [4.69, 9.17) is 13.9 Å². The topological polar surface area (TPSA) is 43.6 Å². The first-order chi connectivity index (χ1) is 8.17. The number of rotatable bonds is 8. The molecule has 1 unspecified atom stereocenters. The van der Waals surface area contributed by atoms with Crippen LogP contribution in [0.15, 0.2) is 21.2 Å². The molecular formula is C12H20BrNO3. The molecule has 1 rings (SSSR count). The second-order valence-corrected chi connectivity index (χ2v) is 4.39. The molecule has 0 amide bonds. The molecule has 0 radical (unpaired) electrons. The van der Waals surface area contributed by atoms with Crippen molar-refractivity contribution in [3.05, 3.63) is 22.6 Å². The van der Waals surface area contributed by atoms with Gasteiger partial charge in [0.1, 0.15) is 5.76 Å². The van der Waals surface area contributed by atoms with Crippen LogP contribution in [-0.4, -0.2) is 26.0 Å². The maximum absolute atomic E-state index is 5.47. The van der Waals surface area contributed by atoms with Crippen molar-refractivity contribution in [2.45, 2.75) is 33.1 Å². The van der Waals surface area contributed by atoms with E-state index in [0.717, 1.165) is 10.4 Å². The number of hydrogen-bond acceptors (Lipinski definition) is 4. The third-order valence-electron chi connectivity index (χ3n) is 2.32. The molecule has 1 heterocycles. The Morgan fingerprint density at radius 1 is 1.29 bits per heavy atom. The lowest BCUT2D eigenvalue weighted by atomic mass is 10.2. The molecule has 1 aromatic rings. The summed E-state index contributed by atoms with van der Waals surface area (Å²) in [6.45, 7) is 7.89. The minimum absolute atomic E-state index is 0.129. The smallest absolute Gasteiger partial charge is 0.169 e. The highest BCUT2D eigenvalue weighted by molar-refractivity contribution is 9.10. The lowest BCUT2D eigenvalue weighted by Crippen LogP contribution is -2.33. The SMILES string of the molecule is CCOC(CNC(C)c1ccc(Br)o1)OCC. The first-order valence-corrected chi connectivity index (χ1v) is 6.68. The van der Waals surface area contributed by atoms with Gasteiger partial charge in [-0.3, -0.25) is 0 Å². The van der Waals surface area contributed by atoms with Crippen molar-refractivity contribution < 1.29 is 13.9 Å². The molecular weight excluding hydrogens is 286 g/mol. The van der Waals surface area contributed by atoms with Gasteiger partial charge >= 0.3 is 0 Å². The Kier molecular flexibility index (Phi) is 6.80. The molecule has 1 N–H and O–H groups in total. The fourth-order valence-corrected chi connectivity index (χ4v) is 1.79. The Morgan fingerprint density at radius 2 is 1.94 bits per heavy atom. The lowest BCUT2D eigenvalue weighted by Gasteiger charge is -2.19. The normalized spacial score (nSPS) is 13.2. The molecule has 0 aromatic carbocycles. The molecule has 0 saturated carbocycles. The summed E-state index contributed by atoms with van der Waals surface area (Å²) in [6.07, 6.45) is -0.203. The summed E-state index contributed by atoms with van der Waals surface area (Å²) in [5, 5.41) is 3.32. The van der Waals surface area contributed by atoms with Crippen LogP contribution < -0.4 is 5.32 Å². The van der Waals surface area contributed by atoms with E-state index >= 15 is 0 Å². The zero-order valence-electron chi connectivity index (χ0n) is 10.5. The van der Waals surface area contributed by atoms with Gasteiger partial charge in [-0.15, -0.1) is 0 Å². The summed E-state index contributed by atoms with van der Waals surface area (Å²) in [5.74, 6) is 0.892. The quantitative estimate of drug-likeness (QED) is 0.750. The Hall–Kier alpha value is -0.360. The predicted octanol–water partition coefficient (Wildman–Crippen LogP) is 3.09. The molecule has 0 aliphatic rings. The summed E-state index contributed by atoms with van der Waals surface area (Å²) in [7, 11) is 0. The average Bonchev–Trinajstić information content (AvgIpc) is 2.73. The second-order valence-electron chi connectivity index (χ2n) is 3.61. The molecule has 5 heteroatoms. The summed E-state index contributed by atoms with van der Waals surface area (Å²) in [5.41, 5.74) is 0. The molecule has 4 nitrogen and oxygen atoms in total. The van der Waals surface area contributed by atoms with Crippen molar-refractivity contribution in [1.29, 1.82) is 0 Å². The van der Waals surface area contributed by atoms with Crippen LogP contribution in [0.3, 0.4) is 0 Å². The van der Waals surface area contributed by atoms with Crippen LogP contribution in [0.1, 0.15) is 32.6 Å². The summed E-state index contributed by atoms with van der Waals surface area (Å²) >= 11 is 3.29. The van der Waals surface area contributed by atoms with Crippen LogP contribution in [0, 0.1) is 0 Å². The standard InChI is InChI=1S/C12H20BrNO3/c1-4-15-12(16-5-2)8-14-9(3)10-6-7-11(13)17-10/h6-7,9,12,14H,4-5,8H2,1-3H3. The van der Waals surface area contributed by atoms with Crippen molar-refractivity contribution in [1.82, 2.24) is 5.32 Å². The Labute approximate surface area is 111 Å². The zero-order valence-corrected chi connectivity index (χ0v) is 12.1. The molecule has 1 aromatic heterocycles. The summed E-state index contributed by atoms with van der Waals surface area (Å²) in [6, 6.07) is 3.96. The molecule has 0 saturated heterocycles. The number of furan rings is 1. The van der Waals surface area contributed by atoms with Gasteiger partial charge in [0, 0.05) is 19.8 Å². The third-order valence-corrected chi connectivity index (χ3v) is 2.74. The average molecular weight is 306 g/mol. The van der Waals surface area contributed by atoms with Crippen molar-refractivity contribution in [2.75, 3.05) is 19.8 Å². The summed E-state index contributed by atoms with van der Waals surface area (Å²) < 4.78 is 17.1. The Bertz CT molecular complexity index is 310. The van der Waals surface area contributed by atoms with E-state index in [1.54, 1.807) is 0 Å². The first-order valence-electron chi connectivity index (χ1n) is 5.89. The van der Waals surface area contributed by atoms with Crippen molar-refractivity contribution in [3.8, 4) is 0 Å². The van der Waals surface area contributed by atoms with E-state index in [1.165, 1.54) is 0 Å². The molecule has 0 fully saturated rings. The maximum atomic E-state index is 5.47. The molecule has 1 atom stereocenters. The highest BCUT2D eigenvalue weighted by Crippen LogP contribution is 2.19. The predicted molar refractivity (Wildman–Crippen MR) is 69.9 cm³/mol. The third kappa shape index (κ3) is 5.21. The van der Waals surface area contributed by atoms with Crippen molar-refractivity contribution >= 4 is 15.9 Å². The van der Waals surface area contributed by atoms with E-state index in [-0.39, 0.29) is 12.3 Å². The highest BCUT2D eigenvalue weighted by atomic mass is 79.9. The molecule has 0 aliphatic carbocycles. The highest BCUT2D eigenvalue weighted by Gasteiger charge is 2.13. The number of halogens is 1. The lowest BCUT2D eigenvalue weighted by molar-refractivity contribution is -0.133. The monoisotopic (exact) mass is 305 g/mol. The van der Waals surface area contributed by atoms with Gasteiger partial charge in [0.15, 0.2) is 11.0 Å². The van der Waals surface area contributed by atoms with Gasteiger partial charge in [0.05, 0.1) is 6.04 Å². The van der Waals surface area contributed by atoms with Gasteiger partial charge in [-0.1, -0.05) is 0 Å². The zero-order chi connectivity index (χ0) is 12.7. The number of ether oxygens (including phenoxy) is 2. The maximum Gasteiger partial charge on any atom is 0.169 e. The van der Waals surface area contributed by atoms with Gasteiger partial charge in [-0.25, -0.2) is 0 Å². The van der Waals surface area contributed by atoms with E-state index < -0.39 is 0 Å². The van der Waals surface area contributed by atoms with Gasteiger partial charge in [-0.05, 0) is 48.8 Å². The van der Waals surface area contributed by atoms with Gasteiger partial charge in [-0.2, -0.15) is 0 Å². The molecule has 17 heavy (non-hydrogen) atoms. The van der Waals surface area contributed by atoms with Crippen LogP contribution >= 0.6 is 15.9 Å². The van der Waals surface area contributed by atoms with Crippen LogP contribution in [0.4, 0.5) is 0 Å². The van der Waals surface area contributed by atoms with Crippen molar-refractivity contribution in [2.24, 2.45) is 0 Å². The van der Waals surface area contributed by atoms with Gasteiger partial charge in [0.25, 0.3) is 0 Å². The molecule has 0 spiro atoms. The van der Waals surface area contributed by atoms with Crippen LogP contribution in [0.2, 0.25) is 0 Å². The van der Waals surface area contributed by atoms with E-state index in [9.17, 15) is 0 Å². The minimum Gasteiger partial charge on any atom is -0.453 e. The Morgan fingerprint density at radius 3 is 2.41 bits per heavy atom. The molecule has 98 valence electrons. The fraction of sp³-hybridized carbons (Fsp3) is 0.667.